The Kier molecular flexibility index (Phi) is 6.85. The maximum Gasteiger partial charge on any atom is 0.223 e. The van der Waals surface area contributed by atoms with Crippen LogP contribution in [0.5, 0.6) is 0 Å². The fraction of sp³-hybridized carbons (Fsp3) is 0.938. The van der Waals surface area contributed by atoms with Crippen LogP contribution in [0.4, 0.5) is 0 Å². The molecule has 1 N–H and O–H groups in total. The molecule has 2 heterocycles. The average molecular weight is 346 g/mol. The average Bonchev–Trinajstić information content (AvgIpc) is 2.52. The highest BCUT2D eigenvalue weighted by molar-refractivity contribution is 7.88. The number of carbonyl (C=O) groups is 1. The molecular weight excluding hydrogens is 314 g/mol. The smallest absolute Gasteiger partial charge is 0.223 e. The van der Waals surface area contributed by atoms with E-state index in [2.05, 4.69) is 17.1 Å². The Labute approximate surface area is 140 Å². The Bertz CT molecular complexity index is 479. The van der Waals surface area contributed by atoms with E-state index in [0.29, 0.717) is 25.9 Å². The number of hydrogen-bond acceptors (Lipinski definition) is 4. The highest BCUT2D eigenvalue weighted by Gasteiger charge is 2.28. The molecule has 0 atom stereocenters. The number of sulfonamides is 1. The van der Waals surface area contributed by atoms with Crippen LogP contribution in [0.25, 0.3) is 0 Å². The zero-order valence-corrected chi connectivity index (χ0v) is 15.3. The zero-order chi connectivity index (χ0) is 16.9. The number of amides is 1. The van der Waals surface area contributed by atoms with Crippen LogP contribution in [0.2, 0.25) is 0 Å². The molecule has 0 saturated carbocycles. The second-order valence-electron chi connectivity index (χ2n) is 7.11. The van der Waals surface area contributed by atoms with Gasteiger partial charge in [0.05, 0.1) is 6.26 Å². The molecule has 2 aliphatic heterocycles. The van der Waals surface area contributed by atoms with E-state index < -0.39 is 10.0 Å². The number of piperidine rings is 2. The molecule has 0 aromatic heterocycles. The molecule has 2 rings (SSSR count). The van der Waals surface area contributed by atoms with Crippen molar-refractivity contribution in [2.24, 2.45) is 11.8 Å². The molecule has 0 bridgehead atoms. The second kappa shape index (κ2) is 8.44. The summed E-state index contributed by atoms with van der Waals surface area (Å²) in [5.74, 6) is 0.901. The number of likely N-dealkylation sites (tertiary alicyclic amines) is 1. The first-order valence-corrected chi connectivity index (χ1v) is 10.7. The van der Waals surface area contributed by atoms with Gasteiger partial charge >= 0.3 is 0 Å². The van der Waals surface area contributed by atoms with Gasteiger partial charge in [-0.15, -0.1) is 0 Å². The van der Waals surface area contributed by atoms with Crippen molar-refractivity contribution >= 4 is 15.9 Å². The highest BCUT2D eigenvalue weighted by atomic mass is 32.2. The molecule has 0 spiro atoms. The van der Waals surface area contributed by atoms with Crippen molar-refractivity contribution in [2.75, 3.05) is 45.5 Å². The van der Waals surface area contributed by atoms with E-state index in [1.54, 1.807) is 0 Å². The van der Waals surface area contributed by atoms with E-state index in [9.17, 15) is 13.2 Å². The second-order valence-corrected chi connectivity index (χ2v) is 9.09. The Morgan fingerprint density at radius 1 is 1.09 bits per heavy atom. The summed E-state index contributed by atoms with van der Waals surface area (Å²) in [4.78, 5) is 14.6. The minimum atomic E-state index is -3.12. The van der Waals surface area contributed by atoms with E-state index in [1.165, 1.54) is 36.5 Å². The third kappa shape index (κ3) is 6.04. The van der Waals surface area contributed by atoms with E-state index in [1.807, 2.05) is 0 Å². The summed E-state index contributed by atoms with van der Waals surface area (Å²) in [6.07, 6.45) is 6.04. The predicted octanol–water partition coefficient (Wildman–Crippen LogP) is 0.896. The van der Waals surface area contributed by atoms with Crippen molar-refractivity contribution in [3.05, 3.63) is 0 Å². The predicted molar refractivity (Wildman–Crippen MR) is 91.6 cm³/mol. The summed E-state index contributed by atoms with van der Waals surface area (Å²) in [5, 5.41) is 3.02. The van der Waals surface area contributed by atoms with Crippen LogP contribution in [0.3, 0.4) is 0 Å². The Morgan fingerprint density at radius 2 is 1.70 bits per heavy atom. The SMILES string of the molecule is CC1CCN(CCCNC(=O)C2CCN(S(C)(=O)=O)CC2)CC1. The maximum atomic E-state index is 12.2. The van der Waals surface area contributed by atoms with Crippen LogP contribution in [-0.4, -0.2) is 69.1 Å². The van der Waals surface area contributed by atoms with E-state index in [4.69, 9.17) is 0 Å². The van der Waals surface area contributed by atoms with Crippen LogP contribution in [0.1, 0.15) is 39.0 Å². The van der Waals surface area contributed by atoms with Crippen molar-refractivity contribution in [3.63, 3.8) is 0 Å². The van der Waals surface area contributed by atoms with Gasteiger partial charge in [-0.2, -0.15) is 0 Å². The monoisotopic (exact) mass is 345 g/mol. The van der Waals surface area contributed by atoms with Crippen LogP contribution in [0, 0.1) is 11.8 Å². The van der Waals surface area contributed by atoms with Crippen molar-refractivity contribution in [2.45, 2.75) is 39.0 Å². The van der Waals surface area contributed by atoms with Crippen LogP contribution >= 0.6 is 0 Å². The third-order valence-corrected chi connectivity index (χ3v) is 6.42. The van der Waals surface area contributed by atoms with Gasteiger partial charge in [0.15, 0.2) is 0 Å². The van der Waals surface area contributed by atoms with E-state index in [-0.39, 0.29) is 11.8 Å². The molecule has 7 heteroatoms. The minimum Gasteiger partial charge on any atom is -0.356 e. The quantitative estimate of drug-likeness (QED) is 0.726. The lowest BCUT2D eigenvalue weighted by molar-refractivity contribution is -0.126. The molecule has 2 aliphatic rings. The number of nitrogens with zero attached hydrogens (tertiary/aromatic N) is 2. The fourth-order valence-corrected chi connectivity index (χ4v) is 4.27. The van der Waals surface area contributed by atoms with Crippen LogP contribution < -0.4 is 5.32 Å². The summed E-state index contributed by atoms with van der Waals surface area (Å²) in [7, 11) is -3.12. The van der Waals surface area contributed by atoms with Gasteiger partial charge in [-0.3, -0.25) is 4.79 Å². The molecule has 0 aromatic carbocycles. The maximum absolute atomic E-state index is 12.2. The molecule has 6 nitrogen and oxygen atoms in total. The summed E-state index contributed by atoms with van der Waals surface area (Å²) in [6.45, 7) is 7.37. The summed E-state index contributed by atoms with van der Waals surface area (Å²) >= 11 is 0. The van der Waals surface area contributed by atoms with Gasteiger partial charge in [-0.05, 0) is 57.7 Å². The Morgan fingerprint density at radius 3 is 2.26 bits per heavy atom. The lowest BCUT2D eigenvalue weighted by Crippen LogP contribution is -2.43. The van der Waals surface area contributed by atoms with Crippen LogP contribution in [-0.2, 0) is 14.8 Å². The normalized spacial score (nSPS) is 23.0. The molecule has 134 valence electrons. The lowest BCUT2D eigenvalue weighted by atomic mass is 9.97. The van der Waals surface area contributed by atoms with Gasteiger partial charge in [0.1, 0.15) is 0 Å². The van der Waals surface area contributed by atoms with Gasteiger partial charge in [0, 0.05) is 25.6 Å². The lowest BCUT2D eigenvalue weighted by Gasteiger charge is -2.30. The zero-order valence-electron chi connectivity index (χ0n) is 14.5. The summed E-state index contributed by atoms with van der Waals surface area (Å²) in [6, 6.07) is 0. The molecule has 0 unspecified atom stereocenters. The Hall–Kier alpha value is -0.660. The van der Waals surface area contributed by atoms with Crippen molar-refractivity contribution in [1.82, 2.24) is 14.5 Å². The molecule has 1 amide bonds. The third-order valence-electron chi connectivity index (χ3n) is 5.12. The molecule has 0 aliphatic carbocycles. The summed E-state index contributed by atoms with van der Waals surface area (Å²) < 4.78 is 24.4. The summed E-state index contributed by atoms with van der Waals surface area (Å²) in [5.41, 5.74) is 0. The first-order valence-electron chi connectivity index (χ1n) is 8.81. The molecule has 0 radical (unpaired) electrons. The van der Waals surface area contributed by atoms with Crippen molar-refractivity contribution < 1.29 is 13.2 Å². The van der Waals surface area contributed by atoms with E-state index >= 15 is 0 Å². The molecular formula is C16H31N3O3S. The molecule has 2 fully saturated rings. The Balaban J connectivity index is 1.59. The van der Waals surface area contributed by atoms with Gasteiger partial charge in [0.2, 0.25) is 15.9 Å². The minimum absolute atomic E-state index is 0.0381. The van der Waals surface area contributed by atoms with Crippen molar-refractivity contribution in [1.29, 1.82) is 0 Å². The molecule has 23 heavy (non-hydrogen) atoms. The molecule has 2 saturated heterocycles. The van der Waals surface area contributed by atoms with Crippen LogP contribution in [0.15, 0.2) is 0 Å². The van der Waals surface area contributed by atoms with Gasteiger partial charge < -0.3 is 10.2 Å². The standard InChI is InChI=1S/C16H31N3O3S/c1-14-4-10-18(11-5-14)9-3-8-17-16(20)15-6-12-19(13-7-15)23(2,21)22/h14-15H,3-13H2,1-2H3,(H,17,20). The number of rotatable bonds is 6. The van der Waals surface area contributed by atoms with Gasteiger partial charge in [-0.1, -0.05) is 6.92 Å². The van der Waals surface area contributed by atoms with E-state index in [0.717, 1.165) is 25.4 Å². The topological polar surface area (TPSA) is 69.7 Å². The number of nitrogens with one attached hydrogen (secondary N) is 1. The first-order chi connectivity index (χ1) is 10.9. The first kappa shape index (κ1) is 18.7. The fourth-order valence-electron chi connectivity index (χ4n) is 3.39. The van der Waals surface area contributed by atoms with Crippen molar-refractivity contribution in [3.8, 4) is 0 Å². The largest absolute Gasteiger partial charge is 0.356 e. The molecule has 0 aromatic rings. The van der Waals surface area contributed by atoms with Gasteiger partial charge in [0.25, 0.3) is 0 Å². The number of carbonyl (C=O) groups excluding carboxylic acids is 1. The van der Waals surface area contributed by atoms with Gasteiger partial charge in [-0.25, -0.2) is 12.7 Å². The number of hydrogen-bond donors (Lipinski definition) is 1. The highest BCUT2D eigenvalue weighted by Crippen LogP contribution is 2.19.